The van der Waals surface area contributed by atoms with E-state index in [1.54, 1.807) is 13.0 Å². The van der Waals surface area contributed by atoms with E-state index in [4.69, 9.17) is 5.11 Å². The Morgan fingerprint density at radius 1 is 1.35 bits per heavy atom. The third-order valence-electron chi connectivity index (χ3n) is 2.22. The highest BCUT2D eigenvalue weighted by molar-refractivity contribution is 5.91. The van der Waals surface area contributed by atoms with Crippen molar-refractivity contribution in [3.05, 3.63) is 48.0 Å². The maximum Gasteiger partial charge on any atom is 0.326 e. The number of hydrogen-bond acceptors (Lipinski definition) is 2. The van der Waals surface area contributed by atoms with Crippen LogP contribution in [0.25, 0.3) is 0 Å². The first-order valence-corrected chi connectivity index (χ1v) is 5.33. The summed E-state index contributed by atoms with van der Waals surface area (Å²) in [5.41, 5.74) is 0.876. The highest BCUT2D eigenvalue weighted by atomic mass is 16.4. The van der Waals surface area contributed by atoms with Crippen molar-refractivity contribution in [3.63, 3.8) is 0 Å². The van der Waals surface area contributed by atoms with E-state index in [0.29, 0.717) is 0 Å². The lowest BCUT2D eigenvalue weighted by Gasteiger charge is -2.13. The summed E-state index contributed by atoms with van der Waals surface area (Å²) in [5, 5.41) is 11.5. The second-order valence-electron chi connectivity index (χ2n) is 3.59. The van der Waals surface area contributed by atoms with E-state index in [-0.39, 0.29) is 6.42 Å². The third kappa shape index (κ3) is 4.51. The van der Waals surface area contributed by atoms with E-state index >= 15 is 0 Å². The standard InChI is InChI=1S/C13H15NO3/c1-2-6-12(15)14-11(13(16)17)9-10-7-4-3-5-8-10/h2-8,11H,9H2,1H3,(H,14,15)(H,16,17)/b6-2-/t11-/m0/s1. The Morgan fingerprint density at radius 2 is 2.00 bits per heavy atom. The minimum absolute atomic E-state index is 0.277. The van der Waals surface area contributed by atoms with Gasteiger partial charge in [-0.25, -0.2) is 4.79 Å². The van der Waals surface area contributed by atoms with Gasteiger partial charge in [-0.3, -0.25) is 4.79 Å². The number of hydrogen-bond donors (Lipinski definition) is 2. The lowest BCUT2D eigenvalue weighted by molar-refractivity contribution is -0.141. The first-order valence-electron chi connectivity index (χ1n) is 5.33. The molecule has 17 heavy (non-hydrogen) atoms. The van der Waals surface area contributed by atoms with Crippen LogP contribution in [0.2, 0.25) is 0 Å². The molecule has 0 saturated heterocycles. The molecule has 0 aliphatic rings. The molecule has 0 heterocycles. The summed E-state index contributed by atoms with van der Waals surface area (Å²) < 4.78 is 0. The molecule has 90 valence electrons. The zero-order valence-electron chi connectivity index (χ0n) is 9.59. The molecule has 0 bridgehead atoms. The Labute approximate surface area is 100.0 Å². The number of aliphatic carboxylic acids is 1. The highest BCUT2D eigenvalue weighted by Gasteiger charge is 2.18. The van der Waals surface area contributed by atoms with Gasteiger partial charge in [0.15, 0.2) is 0 Å². The first-order chi connectivity index (χ1) is 8.13. The molecule has 0 radical (unpaired) electrons. The van der Waals surface area contributed by atoms with Crippen molar-refractivity contribution in [2.24, 2.45) is 0 Å². The molecule has 0 aliphatic carbocycles. The normalized spacial score (nSPS) is 12.3. The summed E-state index contributed by atoms with van der Waals surface area (Å²) in [4.78, 5) is 22.3. The van der Waals surface area contributed by atoms with Gasteiger partial charge in [0.1, 0.15) is 6.04 Å². The number of carboxylic acid groups (broad SMARTS) is 1. The minimum Gasteiger partial charge on any atom is -0.480 e. The Morgan fingerprint density at radius 3 is 2.53 bits per heavy atom. The second-order valence-corrected chi connectivity index (χ2v) is 3.59. The number of carboxylic acids is 1. The summed E-state index contributed by atoms with van der Waals surface area (Å²) in [6.07, 6.45) is 3.15. The number of carbonyl (C=O) groups is 2. The van der Waals surface area contributed by atoms with Crippen molar-refractivity contribution in [1.29, 1.82) is 0 Å². The van der Waals surface area contributed by atoms with Crippen LogP contribution in [-0.4, -0.2) is 23.0 Å². The average Bonchev–Trinajstić information content (AvgIpc) is 2.29. The molecule has 4 nitrogen and oxygen atoms in total. The molecule has 1 aromatic rings. The van der Waals surface area contributed by atoms with Gasteiger partial charge < -0.3 is 10.4 Å². The molecule has 0 fully saturated rings. The van der Waals surface area contributed by atoms with Gasteiger partial charge in [-0.05, 0) is 18.6 Å². The van der Waals surface area contributed by atoms with Crippen LogP contribution in [-0.2, 0) is 16.0 Å². The summed E-state index contributed by atoms with van der Waals surface area (Å²) >= 11 is 0. The molecule has 1 rings (SSSR count). The van der Waals surface area contributed by atoms with Crippen LogP contribution < -0.4 is 5.32 Å². The van der Waals surface area contributed by atoms with Gasteiger partial charge in [0.05, 0.1) is 0 Å². The van der Waals surface area contributed by atoms with Crippen LogP contribution in [0, 0.1) is 0 Å². The number of amides is 1. The largest absolute Gasteiger partial charge is 0.480 e. The Kier molecular flexibility index (Phi) is 4.94. The number of benzene rings is 1. The minimum atomic E-state index is -1.04. The van der Waals surface area contributed by atoms with Crippen molar-refractivity contribution in [2.75, 3.05) is 0 Å². The smallest absolute Gasteiger partial charge is 0.326 e. The van der Waals surface area contributed by atoms with Crippen LogP contribution in [0.4, 0.5) is 0 Å². The van der Waals surface area contributed by atoms with E-state index in [9.17, 15) is 9.59 Å². The summed E-state index contributed by atoms with van der Waals surface area (Å²) in [6.45, 7) is 1.70. The van der Waals surface area contributed by atoms with Gasteiger partial charge in [-0.2, -0.15) is 0 Å². The highest BCUT2D eigenvalue weighted by Crippen LogP contribution is 2.03. The molecule has 1 atom stereocenters. The predicted octanol–water partition coefficient (Wildman–Crippen LogP) is 1.37. The first kappa shape index (κ1) is 13.0. The molecule has 1 amide bonds. The third-order valence-corrected chi connectivity index (χ3v) is 2.22. The monoisotopic (exact) mass is 233 g/mol. The van der Waals surface area contributed by atoms with Gasteiger partial charge >= 0.3 is 5.97 Å². The van der Waals surface area contributed by atoms with Crippen molar-refractivity contribution in [1.82, 2.24) is 5.32 Å². The average molecular weight is 233 g/mol. The van der Waals surface area contributed by atoms with Crippen LogP contribution in [0.15, 0.2) is 42.5 Å². The number of allylic oxidation sites excluding steroid dienone is 1. The molecular weight excluding hydrogens is 218 g/mol. The van der Waals surface area contributed by atoms with Crippen LogP contribution >= 0.6 is 0 Å². The maximum absolute atomic E-state index is 11.3. The SMILES string of the molecule is C/C=C\C(=O)N[C@@H](Cc1ccccc1)C(=O)O. The maximum atomic E-state index is 11.3. The van der Waals surface area contributed by atoms with Crippen molar-refractivity contribution < 1.29 is 14.7 Å². The van der Waals surface area contributed by atoms with E-state index in [0.717, 1.165) is 5.56 Å². The number of rotatable bonds is 5. The summed E-state index contributed by atoms with van der Waals surface area (Å²) in [6, 6.07) is 8.29. The number of nitrogens with one attached hydrogen (secondary N) is 1. The van der Waals surface area contributed by atoms with Gasteiger partial charge in [0, 0.05) is 6.42 Å². The van der Waals surface area contributed by atoms with Gasteiger partial charge in [0.25, 0.3) is 0 Å². The molecule has 0 unspecified atom stereocenters. The van der Waals surface area contributed by atoms with E-state index in [1.807, 2.05) is 30.3 Å². The van der Waals surface area contributed by atoms with Gasteiger partial charge in [-0.15, -0.1) is 0 Å². The predicted molar refractivity (Wildman–Crippen MR) is 64.5 cm³/mol. The Balaban J connectivity index is 2.67. The van der Waals surface area contributed by atoms with Gasteiger partial charge in [-0.1, -0.05) is 36.4 Å². The molecule has 4 heteroatoms. The molecule has 0 aromatic heterocycles. The van der Waals surface area contributed by atoms with Crippen molar-refractivity contribution in [3.8, 4) is 0 Å². The van der Waals surface area contributed by atoms with Crippen LogP contribution in [0.1, 0.15) is 12.5 Å². The van der Waals surface area contributed by atoms with E-state index in [2.05, 4.69) is 5.32 Å². The Bertz CT molecular complexity index is 412. The van der Waals surface area contributed by atoms with E-state index in [1.165, 1.54) is 6.08 Å². The topological polar surface area (TPSA) is 66.4 Å². The molecule has 2 N–H and O–H groups in total. The molecular formula is C13H15NO3. The lowest BCUT2D eigenvalue weighted by Crippen LogP contribution is -2.41. The van der Waals surface area contributed by atoms with Crippen LogP contribution in [0.5, 0.6) is 0 Å². The fraction of sp³-hybridized carbons (Fsp3) is 0.231. The molecule has 1 aromatic carbocycles. The van der Waals surface area contributed by atoms with Gasteiger partial charge in [0.2, 0.25) is 5.91 Å². The molecule has 0 saturated carbocycles. The zero-order valence-corrected chi connectivity index (χ0v) is 9.59. The van der Waals surface area contributed by atoms with Crippen LogP contribution in [0.3, 0.4) is 0 Å². The molecule has 0 aliphatic heterocycles. The molecule has 0 spiro atoms. The van der Waals surface area contributed by atoms with Crippen molar-refractivity contribution >= 4 is 11.9 Å². The number of carbonyl (C=O) groups excluding carboxylic acids is 1. The summed E-state index contributed by atoms with van der Waals surface area (Å²) in [7, 11) is 0. The second kappa shape index (κ2) is 6.48. The summed E-state index contributed by atoms with van der Waals surface area (Å²) in [5.74, 6) is -1.43. The van der Waals surface area contributed by atoms with Crippen molar-refractivity contribution in [2.45, 2.75) is 19.4 Å². The fourth-order valence-electron chi connectivity index (χ4n) is 1.42. The van der Waals surface area contributed by atoms with E-state index < -0.39 is 17.9 Å². The lowest BCUT2D eigenvalue weighted by atomic mass is 10.1. The Hall–Kier alpha value is -2.10. The zero-order chi connectivity index (χ0) is 12.7. The fourth-order valence-corrected chi connectivity index (χ4v) is 1.42. The quantitative estimate of drug-likeness (QED) is 0.755.